The topological polar surface area (TPSA) is 51.5 Å². The summed E-state index contributed by atoms with van der Waals surface area (Å²) in [7, 11) is 0. The Hall–Kier alpha value is -1.29. The number of carbonyl (C=O) groups excluding carboxylic acids is 1. The summed E-state index contributed by atoms with van der Waals surface area (Å²) in [6.07, 6.45) is 3.42. The van der Waals surface area contributed by atoms with Gasteiger partial charge in [0.15, 0.2) is 5.76 Å². The molecule has 0 aliphatic carbocycles. The molecule has 0 saturated carbocycles. The van der Waals surface area contributed by atoms with Crippen LogP contribution in [0.1, 0.15) is 30.3 Å². The molecule has 1 aliphatic rings. The van der Waals surface area contributed by atoms with E-state index in [4.69, 9.17) is 9.15 Å². The standard InChI is InChI=1S/C11H15NO3/c1-11(5-3-6-14-8-11)12-10(13)9-4-2-7-15-9/h2,4,7H,3,5-6,8H2,1H3,(H,12,13). The minimum absolute atomic E-state index is 0.173. The fraction of sp³-hybridized carbons (Fsp3) is 0.545. The van der Waals surface area contributed by atoms with Crippen LogP contribution in [0.4, 0.5) is 0 Å². The first-order valence-corrected chi connectivity index (χ1v) is 5.13. The molecule has 1 atom stereocenters. The number of nitrogens with one attached hydrogen (secondary N) is 1. The minimum Gasteiger partial charge on any atom is -0.459 e. The lowest BCUT2D eigenvalue weighted by molar-refractivity contribution is 0.0265. The van der Waals surface area contributed by atoms with Gasteiger partial charge in [-0.25, -0.2) is 0 Å². The zero-order valence-electron chi connectivity index (χ0n) is 8.79. The quantitative estimate of drug-likeness (QED) is 0.804. The number of ether oxygens (including phenoxy) is 1. The van der Waals surface area contributed by atoms with Crippen molar-refractivity contribution in [3.05, 3.63) is 24.2 Å². The van der Waals surface area contributed by atoms with Gasteiger partial charge in [0.05, 0.1) is 18.4 Å². The lowest BCUT2D eigenvalue weighted by atomic mass is 9.95. The third-order valence-electron chi connectivity index (χ3n) is 2.60. The average molecular weight is 209 g/mol. The van der Waals surface area contributed by atoms with Gasteiger partial charge in [0.25, 0.3) is 5.91 Å². The summed E-state index contributed by atoms with van der Waals surface area (Å²) < 4.78 is 10.4. The molecule has 0 spiro atoms. The average Bonchev–Trinajstić information content (AvgIpc) is 2.70. The molecule has 82 valence electrons. The van der Waals surface area contributed by atoms with Crippen LogP contribution in [0.25, 0.3) is 0 Å². The molecule has 2 rings (SSSR count). The number of hydrogen-bond acceptors (Lipinski definition) is 3. The van der Waals surface area contributed by atoms with E-state index in [1.54, 1.807) is 12.1 Å². The van der Waals surface area contributed by atoms with E-state index in [-0.39, 0.29) is 11.4 Å². The Morgan fingerprint density at radius 2 is 2.47 bits per heavy atom. The highest BCUT2D eigenvalue weighted by molar-refractivity contribution is 5.91. The van der Waals surface area contributed by atoms with E-state index in [1.165, 1.54) is 6.26 Å². The summed E-state index contributed by atoms with van der Waals surface area (Å²) in [6.45, 7) is 3.35. The first-order valence-electron chi connectivity index (χ1n) is 5.13. The first-order chi connectivity index (χ1) is 7.20. The van der Waals surface area contributed by atoms with Crippen LogP contribution >= 0.6 is 0 Å². The Balaban J connectivity index is 1.98. The Morgan fingerprint density at radius 1 is 1.60 bits per heavy atom. The monoisotopic (exact) mass is 209 g/mol. The fourth-order valence-corrected chi connectivity index (χ4v) is 1.78. The van der Waals surface area contributed by atoms with Gasteiger partial charge in [0.1, 0.15) is 0 Å². The highest BCUT2D eigenvalue weighted by atomic mass is 16.5. The normalized spacial score (nSPS) is 26.2. The molecule has 1 unspecified atom stereocenters. The predicted molar refractivity (Wildman–Crippen MR) is 54.6 cm³/mol. The van der Waals surface area contributed by atoms with Crippen molar-refractivity contribution in [1.29, 1.82) is 0 Å². The van der Waals surface area contributed by atoms with Crippen LogP contribution in [0.2, 0.25) is 0 Å². The van der Waals surface area contributed by atoms with Gasteiger partial charge in [-0.1, -0.05) is 0 Å². The summed E-state index contributed by atoms with van der Waals surface area (Å²) in [6, 6.07) is 3.36. The second-order valence-electron chi connectivity index (χ2n) is 4.15. The van der Waals surface area contributed by atoms with Crippen molar-refractivity contribution < 1.29 is 13.9 Å². The molecular formula is C11H15NO3. The van der Waals surface area contributed by atoms with Crippen molar-refractivity contribution in [3.8, 4) is 0 Å². The van der Waals surface area contributed by atoms with Crippen molar-refractivity contribution in [1.82, 2.24) is 5.32 Å². The molecule has 0 bridgehead atoms. The summed E-state index contributed by atoms with van der Waals surface area (Å²) in [5, 5.41) is 2.94. The van der Waals surface area contributed by atoms with Crippen LogP contribution in [0, 0.1) is 0 Å². The number of carbonyl (C=O) groups is 1. The molecule has 4 heteroatoms. The third kappa shape index (κ3) is 2.39. The highest BCUT2D eigenvalue weighted by Gasteiger charge is 2.30. The molecule has 1 aliphatic heterocycles. The van der Waals surface area contributed by atoms with Gasteiger partial charge < -0.3 is 14.5 Å². The Morgan fingerprint density at radius 3 is 3.07 bits per heavy atom. The summed E-state index contributed by atoms with van der Waals surface area (Å²) in [5.41, 5.74) is -0.262. The smallest absolute Gasteiger partial charge is 0.287 e. The molecule has 4 nitrogen and oxygen atoms in total. The van der Waals surface area contributed by atoms with Gasteiger partial charge in [-0.05, 0) is 31.9 Å². The lowest BCUT2D eigenvalue weighted by Crippen LogP contribution is -2.51. The maximum absolute atomic E-state index is 11.7. The van der Waals surface area contributed by atoms with Gasteiger partial charge in [0, 0.05) is 6.61 Å². The number of amides is 1. The van der Waals surface area contributed by atoms with Gasteiger partial charge in [-0.3, -0.25) is 4.79 Å². The molecule has 1 amide bonds. The summed E-state index contributed by atoms with van der Waals surface area (Å²) >= 11 is 0. The number of rotatable bonds is 2. The van der Waals surface area contributed by atoms with E-state index in [2.05, 4.69) is 5.32 Å². The van der Waals surface area contributed by atoms with E-state index in [1.807, 2.05) is 6.92 Å². The molecular weight excluding hydrogens is 194 g/mol. The van der Waals surface area contributed by atoms with E-state index >= 15 is 0 Å². The zero-order chi connectivity index (χ0) is 10.7. The molecule has 1 N–H and O–H groups in total. The van der Waals surface area contributed by atoms with E-state index in [0.717, 1.165) is 19.4 Å². The van der Waals surface area contributed by atoms with Crippen molar-refractivity contribution in [3.63, 3.8) is 0 Å². The molecule has 1 aromatic heterocycles. The van der Waals surface area contributed by atoms with Gasteiger partial charge >= 0.3 is 0 Å². The van der Waals surface area contributed by atoms with Crippen molar-refractivity contribution in [2.45, 2.75) is 25.3 Å². The largest absolute Gasteiger partial charge is 0.459 e. The predicted octanol–water partition coefficient (Wildman–Crippen LogP) is 1.58. The lowest BCUT2D eigenvalue weighted by Gasteiger charge is -2.33. The van der Waals surface area contributed by atoms with Crippen LogP contribution in [-0.2, 0) is 4.74 Å². The maximum Gasteiger partial charge on any atom is 0.287 e. The van der Waals surface area contributed by atoms with Crippen LogP contribution in [-0.4, -0.2) is 24.7 Å². The van der Waals surface area contributed by atoms with Crippen molar-refractivity contribution in [2.24, 2.45) is 0 Å². The molecule has 1 fully saturated rings. The zero-order valence-corrected chi connectivity index (χ0v) is 8.79. The van der Waals surface area contributed by atoms with Crippen LogP contribution in [0.3, 0.4) is 0 Å². The summed E-state index contributed by atoms with van der Waals surface area (Å²) in [5.74, 6) is 0.176. The second kappa shape index (κ2) is 4.06. The Bertz CT molecular complexity index is 326. The molecule has 2 heterocycles. The molecule has 1 saturated heterocycles. The van der Waals surface area contributed by atoms with Crippen molar-refractivity contribution in [2.75, 3.05) is 13.2 Å². The van der Waals surface area contributed by atoms with Gasteiger partial charge in [-0.2, -0.15) is 0 Å². The molecule has 0 radical (unpaired) electrons. The van der Waals surface area contributed by atoms with Crippen LogP contribution < -0.4 is 5.32 Å². The second-order valence-corrected chi connectivity index (χ2v) is 4.15. The third-order valence-corrected chi connectivity index (χ3v) is 2.60. The Labute approximate surface area is 88.6 Å². The van der Waals surface area contributed by atoms with Crippen LogP contribution in [0.15, 0.2) is 22.8 Å². The van der Waals surface area contributed by atoms with E-state index in [0.29, 0.717) is 12.4 Å². The summed E-state index contributed by atoms with van der Waals surface area (Å²) in [4.78, 5) is 11.7. The van der Waals surface area contributed by atoms with Crippen LogP contribution in [0.5, 0.6) is 0 Å². The number of hydrogen-bond donors (Lipinski definition) is 1. The molecule has 15 heavy (non-hydrogen) atoms. The van der Waals surface area contributed by atoms with E-state index in [9.17, 15) is 4.79 Å². The fourth-order valence-electron chi connectivity index (χ4n) is 1.78. The minimum atomic E-state index is -0.262. The van der Waals surface area contributed by atoms with Gasteiger partial charge in [-0.15, -0.1) is 0 Å². The maximum atomic E-state index is 11.7. The first kappa shape index (κ1) is 10.2. The molecule has 0 aromatic carbocycles. The Kier molecular flexibility index (Phi) is 2.77. The van der Waals surface area contributed by atoms with Crippen molar-refractivity contribution >= 4 is 5.91 Å². The number of furan rings is 1. The SMILES string of the molecule is CC1(NC(=O)c2ccco2)CCCOC1. The highest BCUT2D eigenvalue weighted by Crippen LogP contribution is 2.18. The van der Waals surface area contributed by atoms with E-state index < -0.39 is 0 Å². The van der Waals surface area contributed by atoms with Gasteiger partial charge in [0.2, 0.25) is 0 Å². The molecule has 1 aromatic rings.